The molecule has 0 radical (unpaired) electrons. The van der Waals surface area contributed by atoms with Crippen LogP contribution in [0.3, 0.4) is 0 Å². The van der Waals surface area contributed by atoms with Gasteiger partial charge in [-0.1, -0.05) is 84.9 Å². The molecular formula is C31H25NO5. The highest BCUT2D eigenvalue weighted by Gasteiger charge is 2.30. The van der Waals surface area contributed by atoms with E-state index in [0.29, 0.717) is 16.7 Å². The van der Waals surface area contributed by atoms with Crippen molar-refractivity contribution in [3.05, 3.63) is 119 Å². The molecule has 6 heteroatoms. The van der Waals surface area contributed by atoms with E-state index in [1.807, 2.05) is 54.6 Å². The number of carbonyl (C=O) groups is 2. The molecule has 3 N–H and O–H groups in total. The summed E-state index contributed by atoms with van der Waals surface area (Å²) >= 11 is 0. The van der Waals surface area contributed by atoms with Crippen LogP contribution in [0.4, 0.5) is 4.79 Å². The summed E-state index contributed by atoms with van der Waals surface area (Å²) in [5, 5.41) is 23.8. The summed E-state index contributed by atoms with van der Waals surface area (Å²) in [6.45, 7) is -0.0465. The summed E-state index contributed by atoms with van der Waals surface area (Å²) in [5.74, 6) is -0.173. The number of nitrogens with one attached hydrogen (secondary N) is 1. The van der Waals surface area contributed by atoms with E-state index in [4.69, 9.17) is 4.74 Å². The minimum Gasteiger partial charge on any atom is -0.449 e. The van der Waals surface area contributed by atoms with Crippen LogP contribution in [0, 0.1) is 0 Å². The van der Waals surface area contributed by atoms with E-state index < -0.39 is 18.3 Å². The number of aliphatic hydroxyl groups is 2. The van der Waals surface area contributed by atoms with Crippen molar-refractivity contribution >= 4 is 11.9 Å². The first kappa shape index (κ1) is 23.2. The van der Waals surface area contributed by atoms with Crippen molar-refractivity contribution < 1.29 is 24.5 Å². The van der Waals surface area contributed by atoms with Gasteiger partial charge in [-0.3, -0.25) is 4.79 Å². The van der Waals surface area contributed by atoms with E-state index in [0.717, 1.165) is 33.4 Å². The zero-order valence-electron chi connectivity index (χ0n) is 19.9. The van der Waals surface area contributed by atoms with Crippen molar-refractivity contribution in [1.29, 1.82) is 0 Å². The monoisotopic (exact) mass is 491 g/mol. The second kappa shape index (κ2) is 9.32. The number of aliphatic hydroxyl groups excluding tert-OH is 2. The molecule has 0 bridgehead atoms. The maximum absolute atomic E-state index is 12.8. The maximum Gasteiger partial charge on any atom is 0.407 e. The summed E-state index contributed by atoms with van der Waals surface area (Å²) in [6, 6.07) is 28.6. The molecular weight excluding hydrogens is 466 g/mol. The van der Waals surface area contributed by atoms with Crippen molar-refractivity contribution in [1.82, 2.24) is 5.32 Å². The Morgan fingerprint density at radius 2 is 1.32 bits per heavy atom. The third kappa shape index (κ3) is 4.00. The van der Waals surface area contributed by atoms with E-state index in [9.17, 15) is 19.8 Å². The molecule has 6 nitrogen and oxygen atoms in total. The quantitative estimate of drug-likeness (QED) is 0.316. The van der Waals surface area contributed by atoms with Crippen LogP contribution in [-0.4, -0.2) is 41.3 Å². The number of amides is 1. The topological polar surface area (TPSA) is 95.9 Å². The minimum atomic E-state index is -1.28. The van der Waals surface area contributed by atoms with Gasteiger partial charge in [-0.25, -0.2) is 4.79 Å². The molecule has 4 aromatic carbocycles. The Labute approximate surface area is 214 Å². The lowest BCUT2D eigenvalue weighted by atomic mass is 9.98. The molecule has 1 amide bonds. The summed E-state index contributed by atoms with van der Waals surface area (Å²) in [7, 11) is 0. The van der Waals surface area contributed by atoms with Crippen LogP contribution in [-0.2, 0) is 4.74 Å². The Morgan fingerprint density at radius 1 is 0.757 bits per heavy atom. The van der Waals surface area contributed by atoms with Crippen molar-refractivity contribution in [2.24, 2.45) is 0 Å². The number of rotatable bonds is 6. The molecule has 2 unspecified atom stereocenters. The molecule has 184 valence electrons. The number of ether oxygens (including phenoxy) is 1. The highest BCUT2D eigenvalue weighted by molar-refractivity contribution is 6.21. The number of ketones is 1. The molecule has 0 saturated carbocycles. The predicted octanol–water partition coefficient (Wildman–Crippen LogP) is 4.83. The van der Waals surface area contributed by atoms with Gasteiger partial charge in [0.2, 0.25) is 0 Å². The van der Waals surface area contributed by atoms with Crippen molar-refractivity contribution in [2.75, 3.05) is 13.2 Å². The van der Waals surface area contributed by atoms with Gasteiger partial charge >= 0.3 is 6.09 Å². The zero-order valence-corrected chi connectivity index (χ0v) is 19.9. The van der Waals surface area contributed by atoms with Gasteiger partial charge in [-0.15, -0.1) is 0 Å². The second-order valence-corrected chi connectivity index (χ2v) is 9.40. The summed E-state index contributed by atoms with van der Waals surface area (Å²) < 4.78 is 5.50. The largest absolute Gasteiger partial charge is 0.449 e. The van der Waals surface area contributed by atoms with Crippen LogP contribution < -0.4 is 5.32 Å². The van der Waals surface area contributed by atoms with Crippen molar-refractivity contribution in [2.45, 2.75) is 18.1 Å². The SMILES string of the molecule is O=C(NCC(O)C(O)c1ccc2c(c1)C(=O)c1ccccc1-2)OCC1c2ccccc2-c2ccccc21. The number of benzene rings is 4. The third-order valence-electron chi connectivity index (χ3n) is 7.26. The van der Waals surface area contributed by atoms with Crippen LogP contribution in [0.15, 0.2) is 91.0 Å². The first-order valence-corrected chi connectivity index (χ1v) is 12.3. The summed E-state index contributed by atoms with van der Waals surface area (Å²) in [6.07, 6.45) is -3.24. The van der Waals surface area contributed by atoms with Crippen LogP contribution in [0.1, 0.15) is 44.6 Å². The fourth-order valence-electron chi connectivity index (χ4n) is 5.40. The highest BCUT2D eigenvalue weighted by atomic mass is 16.5. The van der Waals surface area contributed by atoms with E-state index in [1.165, 1.54) is 0 Å². The van der Waals surface area contributed by atoms with E-state index >= 15 is 0 Å². The Balaban J connectivity index is 1.08. The van der Waals surface area contributed by atoms with Crippen molar-refractivity contribution in [3.8, 4) is 22.3 Å². The van der Waals surface area contributed by atoms with Gasteiger partial charge in [0.25, 0.3) is 0 Å². The predicted molar refractivity (Wildman–Crippen MR) is 139 cm³/mol. The second-order valence-electron chi connectivity index (χ2n) is 9.40. The third-order valence-corrected chi connectivity index (χ3v) is 7.26. The van der Waals surface area contributed by atoms with Crippen molar-refractivity contribution in [3.63, 3.8) is 0 Å². The van der Waals surface area contributed by atoms with Gasteiger partial charge in [-0.05, 0) is 45.0 Å². The van der Waals surface area contributed by atoms with Gasteiger partial charge < -0.3 is 20.3 Å². The molecule has 0 spiro atoms. The molecule has 2 atom stereocenters. The Bertz CT molecular complexity index is 1480. The standard InChI is InChI=1S/C31H25NO5/c33-28(29(34)18-13-14-24-21-9-5-6-12-25(21)30(35)26(24)15-18)16-32-31(36)37-17-27-22-10-3-1-7-19(22)20-8-2-4-11-23(20)27/h1-15,27-29,33-34H,16-17H2,(H,32,36). The van der Waals surface area contributed by atoms with Crippen LogP contribution in [0.5, 0.6) is 0 Å². The maximum atomic E-state index is 12.8. The first-order chi connectivity index (χ1) is 18.0. The lowest BCUT2D eigenvalue weighted by Gasteiger charge is -2.20. The lowest BCUT2D eigenvalue weighted by Crippen LogP contribution is -2.36. The molecule has 0 fully saturated rings. The Morgan fingerprint density at radius 3 is 2.00 bits per heavy atom. The number of carbonyl (C=O) groups excluding carboxylic acids is 2. The van der Waals surface area contributed by atoms with Gasteiger partial charge in [0.1, 0.15) is 18.8 Å². The first-order valence-electron chi connectivity index (χ1n) is 12.3. The molecule has 4 aromatic rings. The average molecular weight is 492 g/mol. The number of hydrogen-bond acceptors (Lipinski definition) is 5. The molecule has 2 aliphatic carbocycles. The van der Waals surface area contributed by atoms with Gasteiger partial charge in [0.15, 0.2) is 5.78 Å². The summed E-state index contributed by atoms with van der Waals surface area (Å²) in [5.41, 5.74) is 7.70. The van der Waals surface area contributed by atoms with Crippen LogP contribution >= 0.6 is 0 Å². The van der Waals surface area contributed by atoms with Gasteiger partial charge in [-0.2, -0.15) is 0 Å². The molecule has 0 saturated heterocycles. The van der Waals surface area contributed by atoms with E-state index in [1.54, 1.807) is 24.3 Å². The average Bonchev–Trinajstić information content (AvgIpc) is 3.42. The highest BCUT2D eigenvalue weighted by Crippen LogP contribution is 2.44. The van der Waals surface area contributed by atoms with Gasteiger partial charge in [0.05, 0.1) is 0 Å². The Hall–Kier alpha value is -4.26. The minimum absolute atomic E-state index is 0.0678. The molecule has 6 rings (SSSR count). The van der Waals surface area contributed by atoms with Gasteiger partial charge in [0, 0.05) is 23.6 Å². The normalized spacial score (nSPS) is 14.8. The van der Waals surface area contributed by atoms with E-state index in [-0.39, 0.29) is 24.9 Å². The fraction of sp³-hybridized carbons (Fsp3) is 0.161. The Kier molecular flexibility index (Phi) is 5.83. The lowest BCUT2D eigenvalue weighted by molar-refractivity contribution is 0.0185. The summed E-state index contributed by atoms with van der Waals surface area (Å²) in [4.78, 5) is 25.2. The van der Waals surface area contributed by atoms with Crippen LogP contribution in [0.2, 0.25) is 0 Å². The molecule has 2 aliphatic rings. The smallest absolute Gasteiger partial charge is 0.407 e. The van der Waals surface area contributed by atoms with E-state index in [2.05, 4.69) is 17.4 Å². The van der Waals surface area contributed by atoms with Crippen LogP contribution in [0.25, 0.3) is 22.3 Å². The molecule has 37 heavy (non-hydrogen) atoms. The fourth-order valence-corrected chi connectivity index (χ4v) is 5.40. The number of hydrogen-bond donors (Lipinski definition) is 3. The molecule has 0 aliphatic heterocycles. The zero-order chi connectivity index (χ0) is 25.5. The number of fused-ring (bicyclic) bond motifs is 6. The number of alkyl carbamates (subject to hydrolysis) is 1. The molecule has 0 heterocycles. The molecule has 0 aromatic heterocycles.